The Kier molecular flexibility index (Phi) is 5.78. The molecule has 4 rings (SSSR count). The molecular formula is C24H23FN2O3S. The lowest BCUT2D eigenvalue weighted by molar-refractivity contribution is 0.0932. The van der Waals surface area contributed by atoms with Crippen molar-refractivity contribution < 1.29 is 17.6 Å². The summed E-state index contributed by atoms with van der Waals surface area (Å²) >= 11 is 0. The maximum atomic E-state index is 14.1. The number of para-hydroxylation sites is 1. The minimum atomic E-state index is -4.04. The number of sulfonamides is 1. The Morgan fingerprint density at radius 2 is 1.77 bits per heavy atom. The maximum Gasteiger partial charge on any atom is 0.264 e. The van der Waals surface area contributed by atoms with Gasteiger partial charge in [-0.25, -0.2) is 12.8 Å². The van der Waals surface area contributed by atoms with Crippen molar-refractivity contribution in [1.82, 2.24) is 5.32 Å². The first-order valence-corrected chi connectivity index (χ1v) is 11.5. The second-order valence-electron chi connectivity index (χ2n) is 7.57. The second-order valence-corrected chi connectivity index (χ2v) is 9.54. The number of nitrogens with one attached hydrogen (secondary N) is 1. The van der Waals surface area contributed by atoms with E-state index < -0.39 is 15.8 Å². The van der Waals surface area contributed by atoms with Crippen LogP contribution in [0.3, 0.4) is 0 Å². The van der Waals surface area contributed by atoms with E-state index in [0.29, 0.717) is 0 Å². The Morgan fingerprint density at radius 3 is 2.58 bits per heavy atom. The van der Waals surface area contributed by atoms with Crippen LogP contribution in [0.1, 0.15) is 40.4 Å². The van der Waals surface area contributed by atoms with Gasteiger partial charge in [-0.05, 0) is 60.7 Å². The number of nitrogens with zero attached hydrogens (tertiary/aromatic N) is 1. The molecule has 0 radical (unpaired) electrons. The van der Waals surface area contributed by atoms with Gasteiger partial charge < -0.3 is 5.32 Å². The molecule has 31 heavy (non-hydrogen) atoms. The number of halogens is 1. The molecule has 0 aliphatic heterocycles. The third-order valence-electron chi connectivity index (χ3n) is 5.62. The van der Waals surface area contributed by atoms with E-state index in [0.717, 1.165) is 29.1 Å². The van der Waals surface area contributed by atoms with Gasteiger partial charge in [0.2, 0.25) is 0 Å². The summed E-state index contributed by atoms with van der Waals surface area (Å²) in [4.78, 5) is 12.8. The van der Waals surface area contributed by atoms with Crippen LogP contribution in [0.25, 0.3) is 0 Å². The highest BCUT2D eigenvalue weighted by Gasteiger charge is 2.26. The summed E-state index contributed by atoms with van der Waals surface area (Å²) in [5, 5.41) is 3.03. The fraction of sp³-hybridized carbons (Fsp3) is 0.208. The van der Waals surface area contributed by atoms with E-state index in [2.05, 4.69) is 11.4 Å². The zero-order chi connectivity index (χ0) is 22.0. The van der Waals surface area contributed by atoms with Crippen molar-refractivity contribution in [2.45, 2.75) is 30.2 Å². The molecular weight excluding hydrogens is 415 g/mol. The Balaban J connectivity index is 1.59. The lowest BCUT2D eigenvalue weighted by Gasteiger charge is -2.26. The summed E-state index contributed by atoms with van der Waals surface area (Å²) in [6, 6.07) is 19.4. The minimum absolute atomic E-state index is 0.0591. The van der Waals surface area contributed by atoms with Crippen molar-refractivity contribution in [3.63, 3.8) is 0 Å². The lowest BCUT2D eigenvalue weighted by Crippen LogP contribution is -2.31. The first-order valence-electron chi connectivity index (χ1n) is 10.1. The fourth-order valence-electron chi connectivity index (χ4n) is 3.94. The molecule has 0 heterocycles. The molecule has 0 unspecified atom stereocenters. The number of hydrogen-bond donors (Lipinski definition) is 1. The summed E-state index contributed by atoms with van der Waals surface area (Å²) < 4.78 is 41.1. The average Bonchev–Trinajstić information content (AvgIpc) is 2.79. The molecule has 3 aromatic carbocycles. The van der Waals surface area contributed by atoms with Crippen molar-refractivity contribution >= 4 is 21.6 Å². The predicted molar refractivity (Wildman–Crippen MR) is 118 cm³/mol. The SMILES string of the molecule is CN(c1ccccc1F)S(=O)(=O)c1cccc(C(=O)N[C@@H]2CCCc3ccccc32)c1. The van der Waals surface area contributed by atoms with Gasteiger partial charge in [-0.1, -0.05) is 42.5 Å². The van der Waals surface area contributed by atoms with Crippen LogP contribution in [-0.2, 0) is 16.4 Å². The molecule has 0 fully saturated rings. The van der Waals surface area contributed by atoms with Gasteiger partial charge >= 0.3 is 0 Å². The molecule has 160 valence electrons. The maximum absolute atomic E-state index is 14.1. The summed E-state index contributed by atoms with van der Waals surface area (Å²) in [6.45, 7) is 0. The topological polar surface area (TPSA) is 66.5 Å². The number of carbonyl (C=O) groups is 1. The predicted octanol–water partition coefficient (Wildman–Crippen LogP) is 4.46. The van der Waals surface area contributed by atoms with Crippen molar-refractivity contribution in [2.24, 2.45) is 0 Å². The van der Waals surface area contributed by atoms with Crippen LogP contribution in [-0.4, -0.2) is 21.4 Å². The van der Waals surface area contributed by atoms with Crippen LogP contribution in [0.2, 0.25) is 0 Å². The van der Waals surface area contributed by atoms with Crippen molar-refractivity contribution in [2.75, 3.05) is 11.4 Å². The third-order valence-corrected chi connectivity index (χ3v) is 7.39. The number of amides is 1. The summed E-state index contributed by atoms with van der Waals surface area (Å²) in [5.41, 5.74) is 2.51. The fourth-order valence-corrected chi connectivity index (χ4v) is 5.19. The molecule has 3 aromatic rings. The van der Waals surface area contributed by atoms with E-state index in [-0.39, 0.29) is 28.1 Å². The van der Waals surface area contributed by atoms with Crippen molar-refractivity contribution in [3.8, 4) is 0 Å². The molecule has 1 N–H and O–H groups in total. The number of hydrogen-bond acceptors (Lipinski definition) is 3. The number of fused-ring (bicyclic) bond motifs is 1. The molecule has 1 atom stereocenters. The molecule has 0 aromatic heterocycles. The molecule has 0 bridgehead atoms. The van der Waals surface area contributed by atoms with Crippen LogP contribution in [0.5, 0.6) is 0 Å². The number of aryl methyl sites for hydroxylation is 1. The molecule has 7 heteroatoms. The van der Waals surface area contributed by atoms with E-state index in [9.17, 15) is 17.6 Å². The van der Waals surface area contributed by atoms with Crippen LogP contribution in [0.15, 0.2) is 77.7 Å². The van der Waals surface area contributed by atoms with Gasteiger partial charge in [-0.3, -0.25) is 9.10 Å². The third kappa shape index (κ3) is 4.18. The molecule has 0 spiro atoms. The molecule has 1 aliphatic carbocycles. The van der Waals surface area contributed by atoms with Crippen LogP contribution in [0, 0.1) is 5.82 Å². The smallest absolute Gasteiger partial charge is 0.264 e. The zero-order valence-corrected chi connectivity index (χ0v) is 17.9. The van der Waals surface area contributed by atoms with Gasteiger partial charge in [-0.15, -0.1) is 0 Å². The van der Waals surface area contributed by atoms with E-state index in [1.807, 2.05) is 18.2 Å². The van der Waals surface area contributed by atoms with Gasteiger partial charge in [0.1, 0.15) is 5.82 Å². The highest BCUT2D eigenvalue weighted by atomic mass is 32.2. The van der Waals surface area contributed by atoms with Crippen LogP contribution >= 0.6 is 0 Å². The molecule has 1 amide bonds. The van der Waals surface area contributed by atoms with E-state index in [4.69, 9.17) is 0 Å². The normalized spacial score (nSPS) is 15.7. The molecule has 1 aliphatic rings. The van der Waals surface area contributed by atoms with Gasteiger partial charge in [0, 0.05) is 12.6 Å². The van der Waals surface area contributed by atoms with Crippen molar-refractivity contribution in [3.05, 3.63) is 95.3 Å². The van der Waals surface area contributed by atoms with Gasteiger partial charge in [0.15, 0.2) is 0 Å². The Morgan fingerprint density at radius 1 is 1.03 bits per heavy atom. The Labute approximate surface area is 181 Å². The molecule has 0 saturated carbocycles. The number of carbonyl (C=O) groups excluding carboxylic acids is 1. The number of benzene rings is 3. The van der Waals surface area contributed by atoms with E-state index in [1.165, 1.54) is 49.0 Å². The van der Waals surface area contributed by atoms with Crippen molar-refractivity contribution in [1.29, 1.82) is 0 Å². The van der Waals surface area contributed by atoms with E-state index >= 15 is 0 Å². The Hall–Kier alpha value is -3.19. The highest BCUT2D eigenvalue weighted by Crippen LogP contribution is 2.30. The van der Waals surface area contributed by atoms with Crippen LogP contribution in [0.4, 0.5) is 10.1 Å². The minimum Gasteiger partial charge on any atom is -0.345 e. The van der Waals surface area contributed by atoms with Gasteiger partial charge in [0.05, 0.1) is 16.6 Å². The number of rotatable bonds is 5. The molecule has 0 saturated heterocycles. The summed E-state index contributed by atoms with van der Waals surface area (Å²) in [7, 11) is -2.75. The zero-order valence-electron chi connectivity index (χ0n) is 17.1. The average molecular weight is 439 g/mol. The quantitative estimate of drug-likeness (QED) is 0.640. The second kappa shape index (κ2) is 8.51. The van der Waals surface area contributed by atoms with Gasteiger partial charge in [0.25, 0.3) is 15.9 Å². The first-order chi connectivity index (χ1) is 14.9. The standard InChI is InChI=1S/C24H23FN2O3S/c1-27(23-15-5-4-13-21(23)25)31(29,30)19-11-6-10-18(16-19)24(28)26-22-14-7-9-17-8-2-3-12-20(17)22/h2-6,8,10-13,15-16,22H,7,9,14H2,1H3,(H,26,28)/t22-/m1/s1. The molecule has 5 nitrogen and oxygen atoms in total. The van der Waals surface area contributed by atoms with E-state index in [1.54, 1.807) is 12.1 Å². The lowest BCUT2D eigenvalue weighted by atomic mass is 9.87. The summed E-state index contributed by atoms with van der Waals surface area (Å²) in [6.07, 6.45) is 2.79. The largest absolute Gasteiger partial charge is 0.345 e. The number of anilines is 1. The highest BCUT2D eigenvalue weighted by molar-refractivity contribution is 7.92. The van der Waals surface area contributed by atoms with Crippen LogP contribution < -0.4 is 9.62 Å². The summed E-state index contributed by atoms with van der Waals surface area (Å²) in [5.74, 6) is -0.981. The monoisotopic (exact) mass is 438 g/mol. The van der Waals surface area contributed by atoms with Gasteiger partial charge in [-0.2, -0.15) is 0 Å². The first kappa shape index (κ1) is 21.1. The Bertz CT molecular complexity index is 1230.